The van der Waals surface area contributed by atoms with Crippen molar-refractivity contribution >= 4 is 34.1 Å². The molecule has 0 spiro atoms. The zero-order valence-corrected chi connectivity index (χ0v) is 14.5. The van der Waals surface area contributed by atoms with Gasteiger partial charge in [0.1, 0.15) is 5.82 Å². The molecule has 128 valence electrons. The summed E-state index contributed by atoms with van der Waals surface area (Å²) in [6, 6.07) is 9.23. The molecule has 4 nitrogen and oxygen atoms in total. The monoisotopic (exact) mass is 358 g/mol. The van der Waals surface area contributed by atoms with Gasteiger partial charge in [-0.1, -0.05) is 30.7 Å². The van der Waals surface area contributed by atoms with Crippen molar-refractivity contribution in [3.8, 4) is 0 Å². The maximum Gasteiger partial charge on any atom is 0.260 e. The fourth-order valence-corrected chi connectivity index (χ4v) is 3.17. The van der Waals surface area contributed by atoms with Gasteiger partial charge in [0.15, 0.2) is 0 Å². The third-order valence-electron chi connectivity index (χ3n) is 4.20. The minimum absolute atomic E-state index is 0.0372. The number of fused-ring (bicyclic) bond motifs is 1. The zero-order chi connectivity index (χ0) is 18.1. The van der Waals surface area contributed by atoms with Crippen LogP contribution < -0.4 is 10.9 Å². The van der Waals surface area contributed by atoms with Gasteiger partial charge in [-0.25, -0.2) is 4.39 Å². The summed E-state index contributed by atoms with van der Waals surface area (Å²) in [4.78, 5) is 27.3. The Kier molecular flexibility index (Phi) is 4.59. The van der Waals surface area contributed by atoms with Crippen LogP contribution in [0.2, 0.25) is 5.02 Å². The molecular formula is C19H16ClFN2O2. The molecule has 0 radical (unpaired) electrons. The predicted molar refractivity (Wildman–Crippen MR) is 98.0 cm³/mol. The van der Waals surface area contributed by atoms with Crippen LogP contribution in [0.5, 0.6) is 0 Å². The lowest BCUT2D eigenvalue weighted by molar-refractivity contribution is 0.102. The number of aryl methyl sites for hydroxylation is 1. The number of aromatic amines is 1. The quantitative estimate of drug-likeness (QED) is 0.726. The number of benzene rings is 2. The van der Waals surface area contributed by atoms with Gasteiger partial charge in [-0.2, -0.15) is 0 Å². The van der Waals surface area contributed by atoms with Crippen molar-refractivity contribution in [3.63, 3.8) is 0 Å². The highest BCUT2D eigenvalue weighted by atomic mass is 35.5. The number of hydrogen-bond donors (Lipinski definition) is 2. The molecule has 2 N–H and O–H groups in total. The van der Waals surface area contributed by atoms with Gasteiger partial charge in [0, 0.05) is 16.6 Å². The van der Waals surface area contributed by atoms with Crippen molar-refractivity contribution in [1.29, 1.82) is 0 Å². The summed E-state index contributed by atoms with van der Waals surface area (Å²) in [5.41, 5.74) is 2.34. The van der Waals surface area contributed by atoms with Crippen LogP contribution in [0.25, 0.3) is 10.9 Å². The first kappa shape index (κ1) is 17.2. The van der Waals surface area contributed by atoms with E-state index >= 15 is 0 Å². The fraction of sp³-hybridized carbons (Fsp3) is 0.158. The van der Waals surface area contributed by atoms with Crippen molar-refractivity contribution in [2.24, 2.45) is 0 Å². The second kappa shape index (κ2) is 6.69. The molecule has 0 saturated carbocycles. The van der Waals surface area contributed by atoms with Gasteiger partial charge in [-0.05, 0) is 43.2 Å². The highest BCUT2D eigenvalue weighted by Gasteiger charge is 2.16. The van der Waals surface area contributed by atoms with Crippen LogP contribution in [0, 0.1) is 12.7 Å². The van der Waals surface area contributed by atoms with Crippen LogP contribution in [0.4, 0.5) is 10.1 Å². The molecule has 0 saturated heterocycles. The Morgan fingerprint density at radius 1 is 1.28 bits per heavy atom. The van der Waals surface area contributed by atoms with Gasteiger partial charge in [0.25, 0.3) is 11.5 Å². The number of pyridine rings is 1. The molecule has 0 fully saturated rings. The summed E-state index contributed by atoms with van der Waals surface area (Å²) in [6.45, 7) is 3.82. The molecule has 0 aliphatic heterocycles. The molecular weight excluding hydrogens is 343 g/mol. The van der Waals surface area contributed by atoms with Crippen molar-refractivity contribution in [2.45, 2.75) is 20.3 Å². The lowest BCUT2D eigenvalue weighted by atomic mass is 10.0. The number of carbonyl (C=O) groups is 1. The van der Waals surface area contributed by atoms with E-state index in [9.17, 15) is 14.0 Å². The molecule has 6 heteroatoms. The van der Waals surface area contributed by atoms with Crippen LogP contribution in [0.3, 0.4) is 0 Å². The molecule has 3 aromatic rings. The second-order valence-electron chi connectivity index (χ2n) is 5.72. The molecule has 25 heavy (non-hydrogen) atoms. The van der Waals surface area contributed by atoms with Gasteiger partial charge < -0.3 is 10.3 Å². The minimum atomic E-state index is -0.692. The maximum absolute atomic E-state index is 13.9. The van der Waals surface area contributed by atoms with Gasteiger partial charge in [0.05, 0.1) is 16.1 Å². The molecule has 2 aromatic carbocycles. The summed E-state index contributed by atoms with van der Waals surface area (Å²) in [7, 11) is 0. The molecule has 0 aliphatic carbocycles. The first-order valence-corrected chi connectivity index (χ1v) is 8.21. The number of hydrogen-bond acceptors (Lipinski definition) is 2. The van der Waals surface area contributed by atoms with E-state index < -0.39 is 11.7 Å². The van der Waals surface area contributed by atoms with E-state index in [0.29, 0.717) is 17.6 Å². The third-order valence-corrected chi connectivity index (χ3v) is 4.51. The Morgan fingerprint density at radius 2 is 2.04 bits per heavy atom. The Bertz CT molecular complexity index is 1020. The normalized spacial score (nSPS) is 10.9. The number of halogens is 2. The van der Waals surface area contributed by atoms with Gasteiger partial charge in [-0.3, -0.25) is 9.59 Å². The van der Waals surface area contributed by atoms with Crippen LogP contribution in [-0.4, -0.2) is 10.9 Å². The SMILES string of the molecule is CCc1c(C)c2ccc(NC(=O)c3c(F)cccc3Cl)cc2[nH]c1=O. The Hall–Kier alpha value is -2.66. The number of nitrogens with one attached hydrogen (secondary N) is 2. The van der Waals surface area contributed by atoms with Gasteiger partial charge in [0.2, 0.25) is 0 Å². The number of H-pyrrole nitrogens is 1. The largest absolute Gasteiger partial charge is 0.322 e. The molecule has 1 heterocycles. The molecule has 0 unspecified atom stereocenters. The fourth-order valence-electron chi connectivity index (χ4n) is 2.92. The summed E-state index contributed by atoms with van der Waals surface area (Å²) in [6.07, 6.45) is 0.640. The second-order valence-corrected chi connectivity index (χ2v) is 6.13. The first-order valence-electron chi connectivity index (χ1n) is 7.83. The summed E-state index contributed by atoms with van der Waals surface area (Å²) < 4.78 is 13.9. The maximum atomic E-state index is 13.9. The van der Waals surface area contributed by atoms with E-state index in [2.05, 4.69) is 10.3 Å². The third kappa shape index (κ3) is 3.15. The van der Waals surface area contributed by atoms with E-state index in [0.717, 1.165) is 16.5 Å². The van der Waals surface area contributed by atoms with Crippen LogP contribution in [-0.2, 0) is 6.42 Å². The van der Waals surface area contributed by atoms with Crippen molar-refractivity contribution in [2.75, 3.05) is 5.32 Å². The molecule has 1 aromatic heterocycles. The average molecular weight is 359 g/mol. The van der Waals surface area contributed by atoms with E-state index in [-0.39, 0.29) is 16.1 Å². The van der Waals surface area contributed by atoms with Gasteiger partial charge >= 0.3 is 0 Å². The molecule has 0 aliphatic rings. The number of anilines is 1. The van der Waals surface area contributed by atoms with Crippen molar-refractivity contribution in [3.05, 3.63) is 74.3 Å². The lowest BCUT2D eigenvalue weighted by Gasteiger charge is -2.11. The topological polar surface area (TPSA) is 62.0 Å². The summed E-state index contributed by atoms with van der Waals surface area (Å²) >= 11 is 5.91. The Labute approximate surface area is 148 Å². The van der Waals surface area contributed by atoms with E-state index in [1.165, 1.54) is 18.2 Å². The number of amides is 1. The van der Waals surface area contributed by atoms with Crippen molar-refractivity contribution in [1.82, 2.24) is 4.98 Å². The number of aromatic nitrogens is 1. The minimum Gasteiger partial charge on any atom is -0.322 e. The van der Waals surface area contributed by atoms with Gasteiger partial charge in [-0.15, -0.1) is 0 Å². The standard InChI is InChI=1S/C19H16ClFN2O2/c1-3-12-10(2)13-8-7-11(9-16(13)23-18(12)24)22-19(25)17-14(20)5-4-6-15(17)21/h4-9H,3H2,1-2H3,(H,22,25)(H,23,24). The van der Waals surface area contributed by atoms with E-state index in [1.54, 1.807) is 12.1 Å². The first-order chi connectivity index (χ1) is 11.9. The van der Waals surface area contributed by atoms with E-state index in [4.69, 9.17) is 11.6 Å². The molecule has 0 atom stereocenters. The smallest absolute Gasteiger partial charge is 0.260 e. The van der Waals surface area contributed by atoms with Crippen LogP contribution >= 0.6 is 11.6 Å². The molecule has 0 bridgehead atoms. The van der Waals surface area contributed by atoms with Crippen LogP contribution in [0.1, 0.15) is 28.4 Å². The summed E-state index contributed by atoms with van der Waals surface area (Å²) in [5.74, 6) is -1.34. The Balaban J connectivity index is 2.00. The van der Waals surface area contributed by atoms with Crippen molar-refractivity contribution < 1.29 is 9.18 Å². The number of carbonyl (C=O) groups excluding carboxylic acids is 1. The van der Waals surface area contributed by atoms with E-state index in [1.807, 2.05) is 19.9 Å². The molecule has 3 rings (SSSR count). The average Bonchev–Trinajstić information content (AvgIpc) is 2.54. The molecule has 1 amide bonds. The Morgan fingerprint density at radius 3 is 2.72 bits per heavy atom. The lowest BCUT2D eigenvalue weighted by Crippen LogP contribution is -2.16. The summed E-state index contributed by atoms with van der Waals surface area (Å²) in [5, 5.41) is 3.55. The predicted octanol–water partition coefficient (Wildman–Crippen LogP) is 4.44. The highest BCUT2D eigenvalue weighted by molar-refractivity contribution is 6.34. The number of rotatable bonds is 3. The van der Waals surface area contributed by atoms with Crippen LogP contribution in [0.15, 0.2) is 41.2 Å². The zero-order valence-electron chi connectivity index (χ0n) is 13.7. The highest BCUT2D eigenvalue weighted by Crippen LogP contribution is 2.24.